The molecule has 5 heteroatoms. The summed E-state index contributed by atoms with van der Waals surface area (Å²) in [5, 5.41) is 12.4. The van der Waals surface area contributed by atoms with Gasteiger partial charge < -0.3 is 4.74 Å². The van der Waals surface area contributed by atoms with E-state index in [1.54, 1.807) is 13.8 Å². The van der Waals surface area contributed by atoms with Gasteiger partial charge in [0, 0.05) is 18.5 Å². The van der Waals surface area contributed by atoms with Crippen molar-refractivity contribution in [3.63, 3.8) is 0 Å². The molecule has 2 atom stereocenters. The van der Waals surface area contributed by atoms with Gasteiger partial charge in [0.2, 0.25) is 0 Å². The largest absolute Gasteiger partial charge is 0.487 e. The first-order chi connectivity index (χ1) is 9.25. The molecule has 0 radical (unpaired) electrons. The number of nitrogens with one attached hydrogen (secondary N) is 1. The second kappa shape index (κ2) is 6.67. The van der Waals surface area contributed by atoms with Crippen LogP contribution in [0.1, 0.15) is 34.1 Å². The van der Waals surface area contributed by atoms with Gasteiger partial charge in [-0.1, -0.05) is 0 Å². The molecule has 0 aliphatic carbocycles. The maximum Gasteiger partial charge on any atom is 0.165 e. The molecule has 0 amide bonds. The number of benzene rings is 1. The standard InChI is InChI=1S/C15H20F2N2O/c1-10(2)19-15(4,9-18)8-11(3)20-14-7-12(16)5-6-13(14)17/h5-7,10-11,19H,8H2,1-4H3. The van der Waals surface area contributed by atoms with Crippen LogP contribution >= 0.6 is 0 Å². The molecule has 1 aromatic rings. The zero-order valence-corrected chi connectivity index (χ0v) is 12.2. The molecule has 0 fully saturated rings. The van der Waals surface area contributed by atoms with Gasteiger partial charge in [0.1, 0.15) is 11.4 Å². The predicted octanol–water partition coefficient (Wildman–Crippen LogP) is 3.40. The van der Waals surface area contributed by atoms with Gasteiger partial charge in [0.25, 0.3) is 0 Å². The number of nitriles is 1. The Labute approximate surface area is 118 Å². The molecule has 1 aromatic carbocycles. The quantitative estimate of drug-likeness (QED) is 0.869. The van der Waals surface area contributed by atoms with E-state index < -0.39 is 23.3 Å². The van der Waals surface area contributed by atoms with E-state index in [1.165, 1.54) is 0 Å². The number of hydrogen-bond acceptors (Lipinski definition) is 3. The highest BCUT2D eigenvalue weighted by atomic mass is 19.1. The van der Waals surface area contributed by atoms with Gasteiger partial charge in [-0.25, -0.2) is 8.78 Å². The van der Waals surface area contributed by atoms with Crippen molar-refractivity contribution in [2.45, 2.75) is 51.8 Å². The molecule has 0 heterocycles. The van der Waals surface area contributed by atoms with Crippen molar-refractivity contribution < 1.29 is 13.5 Å². The molecule has 0 bridgehead atoms. The number of hydrogen-bond donors (Lipinski definition) is 1. The van der Waals surface area contributed by atoms with Crippen LogP contribution in [0.4, 0.5) is 8.78 Å². The van der Waals surface area contributed by atoms with Crippen molar-refractivity contribution in [2.24, 2.45) is 0 Å². The molecule has 0 aliphatic heterocycles. The fraction of sp³-hybridized carbons (Fsp3) is 0.533. The summed E-state index contributed by atoms with van der Waals surface area (Å²) in [5.41, 5.74) is -0.780. The van der Waals surface area contributed by atoms with E-state index in [2.05, 4.69) is 11.4 Å². The fourth-order valence-electron chi connectivity index (χ4n) is 2.17. The van der Waals surface area contributed by atoms with E-state index in [4.69, 9.17) is 4.74 Å². The number of halogens is 2. The monoisotopic (exact) mass is 282 g/mol. The van der Waals surface area contributed by atoms with Crippen molar-refractivity contribution in [3.8, 4) is 11.8 Å². The van der Waals surface area contributed by atoms with Gasteiger partial charge in [0.15, 0.2) is 11.6 Å². The van der Waals surface area contributed by atoms with Crippen LogP contribution in [0.3, 0.4) is 0 Å². The Balaban J connectivity index is 2.74. The summed E-state index contributed by atoms with van der Waals surface area (Å²) in [6.45, 7) is 7.36. The van der Waals surface area contributed by atoms with E-state index in [9.17, 15) is 14.0 Å². The first-order valence-corrected chi connectivity index (χ1v) is 6.56. The van der Waals surface area contributed by atoms with Gasteiger partial charge >= 0.3 is 0 Å². The molecule has 2 unspecified atom stereocenters. The average molecular weight is 282 g/mol. The lowest BCUT2D eigenvalue weighted by atomic mass is 9.95. The molecule has 20 heavy (non-hydrogen) atoms. The number of rotatable bonds is 6. The van der Waals surface area contributed by atoms with Crippen molar-refractivity contribution in [1.29, 1.82) is 5.26 Å². The molecule has 0 spiro atoms. The second-order valence-electron chi connectivity index (χ2n) is 5.45. The Hall–Kier alpha value is -1.67. The molecule has 1 rings (SSSR count). The average Bonchev–Trinajstić information content (AvgIpc) is 2.32. The third-order valence-corrected chi connectivity index (χ3v) is 2.77. The number of ether oxygens (including phenoxy) is 1. The molecule has 110 valence electrons. The van der Waals surface area contributed by atoms with Crippen LogP contribution in [0, 0.1) is 23.0 Å². The third-order valence-electron chi connectivity index (χ3n) is 2.77. The summed E-state index contributed by atoms with van der Waals surface area (Å²) < 4.78 is 31.9. The Bertz CT molecular complexity index is 499. The van der Waals surface area contributed by atoms with Crippen LogP contribution in [0.25, 0.3) is 0 Å². The van der Waals surface area contributed by atoms with Crippen molar-refractivity contribution in [3.05, 3.63) is 29.8 Å². The fourth-order valence-corrected chi connectivity index (χ4v) is 2.17. The highest BCUT2D eigenvalue weighted by Crippen LogP contribution is 2.22. The lowest BCUT2D eigenvalue weighted by molar-refractivity contribution is 0.169. The molecule has 0 saturated carbocycles. The summed E-state index contributed by atoms with van der Waals surface area (Å²) in [4.78, 5) is 0. The van der Waals surface area contributed by atoms with Gasteiger partial charge in [-0.2, -0.15) is 5.26 Å². The smallest absolute Gasteiger partial charge is 0.165 e. The summed E-state index contributed by atoms with van der Waals surface area (Å²) in [6, 6.07) is 5.39. The molecular formula is C15H20F2N2O. The van der Waals surface area contributed by atoms with Crippen molar-refractivity contribution in [1.82, 2.24) is 5.32 Å². The molecule has 0 aromatic heterocycles. The highest BCUT2D eigenvalue weighted by molar-refractivity contribution is 5.25. The Morgan fingerprint density at radius 3 is 2.55 bits per heavy atom. The van der Waals surface area contributed by atoms with Crippen molar-refractivity contribution in [2.75, 3.05) is 0 Å². The van der Waals surface area contributed by atoms with E-state index in [1.807, 2.05) is 13.8 Å². The zero-order chi connectivity index (χ0) is 15.3. The minimum atomic E-state index is -0.780. The molecule has 3 nitrogen and oxygen atoms in total. The minimum Gasteiger partial charge on any atom is -0.487 e. The second-order valence-corrected chi connectivity index (χ2v) is 5.45. The maximum atomic E-state index is 13.5. The lowest BCUT2D eigenvalue weighted by Crippen LogP contribution is -2.47. The van der Waals surface area contributed by atoms with Gasteiger partial charge in [-0.05, 0) is 39.8 Å². The van der Waals surface area contributed by atoms with Crippen LogP contribution in [-0.4, -0.2) is 17.7 Å². The van der Waals surface area contributed by atoms with E-state index in [0.29, 0.717) is 6.42 Å². The third kappa shape index (κ3) is 4.78. The van der Waals surface area contributed by atoms with Crippen LogP contribution in [0.15, 0.2) is 18.2 Å². The van der Waals surface area contributed by atoms with Gasteiger partial charge in [-0.15, -0.1) is 0 Å². The first-order valence-electron chi connectivity index (χ1n) is 6.56. The first kappa shape index (κ1) is 16.4. The highest BCUT2D eigenvalue weighted by Gasteiger charge is 2.28. The summed E-state index contributed by atoms with van der Waals surface area (Å²) in [5.74, 6) is -1.31. The van der Waals surface area contributed by atoms with Gasteiger partial charge in [-0.3, -0.25) is 5.32 Å². The van der Waals surface area contributed by atoms with E-state index in [-0.39, 0.29) is 11.8 Å². The zero-order valence-electron chi connectivity index (χ0n) is 12.2. The van der Waals surface area contributed by atoms with E-state index >= 15 is 0 Å². The Morgan fingerprint density at radius 1 is 1.35 bits per heavy atom. The Morgan fingerprint density at radius 2 is 2.00 bits per heavy atom. The van der Waals surface area contributed by atoms with Gasteiger partial charge in [0.05, 0.1) is 12.2 Å². The van der Waals surface area contributed by atoms with Crippen LogP contribution < -0.4 is 10.1 Å². The lowest BCUT2D eigenvalue weighted by Gasteiger charge is -2.29. The Kier molecular flexibility index (Phi) is 5.46. The summed E-state index contributed by atoms with van der Waals surface area (Å²) in [6.07, 6.45) is -0.0698. The molecule has 1 N–H and O–H groups in total. The minimum absolute atomic E-state index is 0.137. The van der Waals surface area contributed by atoms with Crippen LogP contribution in [-0.2, 0) is 0 Å². The SMILES string of the molecule is CC(C)NC(C)(C#N)CC(C)Oc1cc(F)ccc1F. The summed E-state index contributed by atoms with van der Waals surface area (Å²) in [7, 11) is 0. The normalized spacial score (nSPS) is 15.5. The summed E-state index contributed by atoms with van der Waals surface area (Å²) >= 11 is 0. The van der Waals surface area contributed by atoms with E-state index in [0.717, 1.165) is 18.2 Å². The molecule has 0 saturated heterocycles. The molecule has 0 aliphatic rings. The van der Waals surface area contributed by atoms with Crippen LogP contribution in [0.5, 0.6) is 5.75 Å². The van der Waals surface area contributed by atoms with Crippen LogP contribution in [0.2, 0.25) is 0 Å². The number of nitrogens with zero attached hydrogens (tertiary/aromatic N) is 1. The predicted molar refractivity (Wildman–Crippen MR) is 73.4 cm³/mol. The maximum absolute atomic E-state index is 13.5. The van der Waals surface area contributed by atoms with Crippen molar-refractivity contribution >= 4 is 0 Å². The molecular weight excluding hydrogens is 262 g/mol. The topological polar surface area (TPSA) is 45.0 Å².